The number of nitrogens with one attached hydrogen (secondary N) is 1. The number of aryl methyl sites for hydroxylation is 2. The van der Waals surface area contributed by atoms with E-state index in [1.165, 1.54) is 17.2 Å². The van der Waals surface area contributed by atoms with E-state index in [4.69, 9.17) is 11.6 Å². The summed E-state index contributed by atoms with van der Waals surface area (Å²) >= 11 is 6.35. The molecule has 0 aliphatic carbocycles. The van der Waals surface area contributed by atoms with Crippen molar-refractivity contribution in [3.8, 4) is 0 Å². The lowest BCUT2D eigenvalue weighted by atomic mass is 9.95. The number of rotatable bonds is 4. The van der Waals surface area contributed by atoms with Gasteiger partial charge in [-0.05, 0) is 61.7 Å². The van der Waals surface area contributed by atoms with Gasteiger partial charge in [-0.3, -0.25) is 0 Å². The second-order valence-electron chi connectivity index (χ2n) is 5.09. The van der Waals surface area contributed by atoms with Crippen LogP contribution in [-0.4, -0.2) is 7.05 Å². The third-order valence-electron chi connectivity index (χ3n) is 3.72. The van der Waals surface area contributed by atoms with Crippen molar-refractivity contribution in [1.29, 1.82) is 0 Å². The molecule has 2 aromatic carbocycles. The molecule has 20 heavy (non-hydrogen) atoms. The maximum atomic E-state index is 13.8. The average molecular weight is 292 g/mol. The average Bonchev–Trinajstić information content (AvgIpc) is 2.42. The molecule has 0 aliphatic rings. The number of benzene rings is 2. The second kappa shape index (κ2) is 6.38. The largest absolute Gasteiger partial charge is 0.313 e. The predicted molar refractivity (Wildman–Crippen MR) is 82.8 cm³/mol. The highest BCUT2D eigenvalue weighted by Crippen LogP contribution is 2.29. The van der Waals surface area contributed by atoms with Gasteiger partial charge in [-0.25, -0.2) is 4.39 Å². The van der Waals surface area contributed by atoms with Gasteiger partial charge >= 0.3 is 0 Å². The third kappa shape index (κ3) is 3.20. The zero-order valence-electron chi connectivity index (χ0n) is 12.0. The summed E-state index contributed by atoms with van der Waals surface area (Å²) in [6.07, 6.45) is 0.575. The van der Waals surface area contributed by atoms with Gasteiger partial charge in [-0.2, -0.15) is 0 Å². The van der Waals surface area contributed by atoms with Gasteiger partial charge in [0.15, 0.2) is 0 Å². The molecule has 1 N–H and O–H groups in total. The minimum Gasteiger partial charge on any atom is -0.313 e. The molecule has 1 atom stereocenters. The van der Waals surface area contributed by atoms with Crippen molar-refractivity contribution in [2.75, 3.05) is 7.05 Å². The Morgan fingerprint density at radius 1 is 1.15 bits per heavy atom. The van der Waals surface area contributed by atoms with Crippen molar-refractivity contribution in [2.45, 2.75) is 26.3 Å². The molecule has 2 aromatic rings. The fourth-order valence-corrected chi connectivity index (χ4v) is 2.67. The van der Waals surface area contributed by atoms with Crippen molar-refractivity contribution in [3.05, 3.63) is 69.5 Å². The minimum atomic E-state index is -0.173. The van der Waals surface area contributed by atoms with Gasteiger partial charge < -0.3 is 5.32 Å². The molecule has 0 bridgehead atoms. The maximum absolute atomic E-state index is 13.8. The highest BCUT2D eigenvalue weighted by molar-refractivity contribution is 6.31. The normalized spacial score (nSPS) is 12.4. The highest BCUT2D eigenvalue weighted by atomic mass is 35.5. The SMILES string of the molecule is CNC(Cc1ccccc1F)c1cc(C)c(C)cc1Cl. The van der Waals surface area contributed by atoms with Gasteiger partial charge in [-0.1, -0.05) is 35.9 Å². The van der Waals surface area contributed by atoms with E-state index in [0.717, 1.165) is 10.6 Å². The summed E-state index contributed by atoms with van der Waals surface area (Å²) in [5.41, 5.74) is 4.07. The van der Waals surface area contributed by atoms with Gasteiger partial charge in [0, 0.05) is 11.1 Å². The minimum absolute atomic E-state index is 0.00120. The summed E-state index contributed by atoms with van der Waals surface area (Å²) in [6, 6.07) is 10.9. The standard InChI is InChI=1S/C17H19ClFN/c1-11-8-14(15(18)9-12(11)2)17(20-3)10-13-6-4-5-7-16(13)19/h4-9,17,20H,10H2,1-3H3. The van der Waals surface area contributed by atoms with E-state index < -0.39 is 0 Å². The van der Waals surface area contributed by atoms with Crippen LogP contribution in [0.25, 0.3) is 0 Å². The molecular weight excluding hydrogens is 273 g/mol. The number of halogens is 2. The fourth-order valence-electron chi connectivity index (χ4n) is 2.32. The zero-order chi connectivity index (χ0) is 14.7. The van der Waals surface area contributed by atoms with E-state index in [0.29, 0.717) is 12.0 Å². The monoisotopic (exact) mass is 291 g/mol. The number of hydrogen-bond donors (Lipinski definition) is 1. The van der Waals surface area contributed by atoms with E-state index in [2.05, 4.69) is 18.3 Å². The van der Waals surface area contributed by atoms with Crippen molar-refractivity contribution in [1.82, 2.24) is 5.32 Å². The molecule has 0 radical (unpaired) electrons. The molecule has 0 aromatic heterocycles. The fraction of sp³-hybridized carbons (Fsp3) is 0.294. The van der Waals surface area contributed by atoms with Crippen molar-refractivity contribution in [2.24, 2.45) is 0 Å². The van der Waals surface area contributed by atoms with Crippen LogP contribution in [0.2, 0.25) is 5.02 Å². The summed E-state index contributed by atoms with van der Waals surface area (Å²) in [6.45, 7) is 4.10. The topological polar surface area (TPSA) is 12.0 Å². The van der Waals surface area contributed by atoms with Crippen LogP contribution in [0.15, 0.2) is 36.4 Å². The Hall–Kier alpha value is -1.38. The van der Waals surface area contributed by atoms with E-state index in [9.17, 15) is 4.39 Å². The first-order valence-corrected chi connectivity index (χ1v) is 7.08. The molecule has 3 heteroatoms. The summed E-state index contributed by atoms with van der Waals surface area (Å²) in [5, 5.41) is 3.96. The molecule has 0 spiro atoms. The quantitative estimate of drug-likeness (QED) is 0.868. The molecule has 0 saturated carbocycles. The van der Waals surface area contributed by atoms with Crippen LogP contribution in [0.1, 0.15) is 28.3 Å². The number of likely N-dealkylation sites (N-methyl/N-ethyl adjacent to an activating group) is 1. The van der Waals surface area contributed by atoms with E-state index in [1.807, 2.05) is 32.2 Å². The van der Waals surface area contributed by atoms with Crippen molar-refractivity contribution < 1.29 is 4.39 Å². The predicted octanol–water partition coefficient (Wildman–Crippen LogP) is 4.60. The van der Waals surface area contributed by atoms with Crippen LogP contribution in [0.3, 0.4) is 0 Å². The highest BCUT2D eigenvalue weighted by Gasteiger charge is 2.16. The molecule has 0 amide bonds. The number of hydrogen-bond acceptors (Lipinski definition) is 1. The van der Waals surface area contributed by atoms with Gasteiger partial charge in [0.05, 0.1) is 0 Å². The van der Waals surface area contributed by atoms with Gasteiger partial charge in [0.25, 0.3) is 0 Å². The first-order chi connectivity index (χ1) is 9.52. The van der Waals surface area contributed by atoms with Gasteiger partial charge in [0.1, 0.15) is 5.82 Å². The second-order valence-corrected chi connectivity index (χ2v) is 5.50. The summed E-state index contributed by atoms with van der Waals surface area (Å²) in [7, 11) is 1.87. The van der Waals surface area contributed by atoms with Crippen molar-refractivity contribution in [3.63, 3.8) is 0 Å². The Labute approximate surface area is 124 Å². The Balaban J connectivity index is 2.34. The molecule has 0 heterocycles. The Morgan fingerprint density at radius 2 is 1.80 bits per heavy atom. The lowest BCUT2D eigenvalue weighted by Crippen LogP contribution is -2.20. The zero-order valence-corrected chi connectivity index (χ0v) is 12.8. The summed E-state index contributed by atoms with van der Waals surface area (Å²) < 4.78 is 13.8. The molecule has 1 nitrogen and oxygen atoms in total. The van der Waals surface area contributed by atoms with Crippen LogP contribution >= 0.6 is 11.6 Å². The van der Waals surface area contributed by atoms with Gasteiger partial charge in [-0.15, -0.1) is 0 Å². The summed E-state index contributed by atoms with van der Waals surface area (Å²) in [5.74, 6) is -0.173. The van der Waals surface area contributed by atoms with Crippen molar-refractivity contribution >= 4 is 11.6 Å². The Morgan fingerprint density at radius 3 is 2.45 bits per heavy atom. The molecule has 1 unspecified atom stereocenters. The van der Waals surface area contributed by atoms with Gasteiger partial charge in [0.2, 0.25) is 0 Å². The summed E-state index contributed by atoms with van der Waals surface area (Å²) in [4.78, 5) is 0. The lowest BCUT2D eigenvalue weighted by Gasteiger charge is -2.20. The van der Waals surface area contributed by atoms with E-state index in [-0.39, 0.29) is 11.9 Å². The molecule has 106 valence electrons. The first-order valence-electron chi connectivity index (χ1n) is 6.70. The smallest absolute Gasteiger partial charge is 0.126 e. The Kier molecular flexibility index (Phi) is 4.79. The third-order valence-corrected chi connectivity index (χ3v) is 4.05. The van der Waals surface area contributed by atoms with E-state index in [1.54, 1.807) is 6.07 Å². The molecule has 0 aliphatic heterocycles. The molecule has 2 rings (SSSR count). The van der Waals surface area contributed by atoms with E-state index >= 15 is 0 Å². The van der Waals surface area contributed by atoms with Crippen LogP contribution in [0.5, 0.6) is 0 Å². The molecular formula is C17H19ClFN. The molecule has 0 saturated heterocycles. The van der Waals surface area contributed by atoms with Crippen LogP contribution in [0.4, 0.5) is 4.39 Å². The Bertz CT molecular complexity index is 610. The van der Waals surface area contributed by atoms with Crippen LogP contribution < -0.4 is 5.32 Å². The van der Waals surface area contributed by atoms with Crippen LogP contribution in [-0.2, 0) is 6.42 Å². The lowest BCUT2D eigenvalue weighted by molar-refractivity contribution is 0.554. The molecule has 0 fully saturated rings. The first kappa shape index (κ1) is 15.0. The van der Waals surface area contributed by atoms with Crippen LogP contribution in [0, 0.1) is 19.7 Å². The maximum Gasteiger partial charge on any atom is 0.126 e.